The molecule has 0 aliphatic carbocycles. The van der Waals surface area contributed by atoms with Crippen LogP contribution in [-0.2, 0) is 17.8 Å². The summed E-state index contributed by atoms with van der Waals surface area (Å²) < 4.78 is 2.18. The largest absolute Gasteiger partial charge is 0.369 e. The van der Waals surface area contributed by atoms with Crippen molar-refractivity contribution < 1.29 is 4.79 Å². The van der Waals surface area contributed by atoms with Crippen molar-refractivity contribution in [3.8, 4) is 12.3 Å². The molecule has 2 N–H and O–H groups in total. The van der Waals surface area contributed by atoms with E-state index in [0.29, 0.717) is 0 Å². The third-order valence-electron chi connectivity index (χ3n) is 3.21. The number of unbranched alkanes of at least 4 members (excludes halogenated alkanes) is 2. The Bertz CT molecular complexity index is 619. The van der Waals surface area contributed by atoms with Gasteiger partial charge in [-0.3, -0.25) is 4.79 Å². The average Bonchev–Trinajstić information content (AvgIpc) is 2.73. The lowest BCUT2D eigenvalue weighted by Crippen LogP contribution is -2.13. The third-order valence-corrected chi connectivity index (χ3v) is 3.21. The Hall–Kier alpha value is -2.21. The maximum Gasteiger partial charge on any atom is 0.221 e. The molecular weight excluding hydrogens is 236 g/mol. The number of nitrogens with zero attached hydrogens (tertiary/aromatic N) is 1. The minimum absolute atomic E-state index is 0.290. The molecule has 2 rings (SSSR count). The van der Waals surface area contributed by atoms with E-state index in [1.165, 1.54) is 0 Å². The first-order valence-electron chi connectivity index (χ1n) is 6.51. The molecule has 0 spiro atoms. The second-order valence-corrected chi connectivity index (χ2v) is 4.67. The molecule has 0 aliphatic heterocycles. The first-order chi connectivity index (χ1) is 9.22. The molecule has 3 heteroatoms. The number of hydrogen-bond donors (Lipinski definition) is 1. The van der Waals surface area contributed by atoms with Gasteiger partial charge in [-0.25, -0.2) is 0 Å². The fourth-order valence-electron chi connectivity index (χ4n) is 2.35. The van der Waals surface area contributed by atoms with E-state index in [1.807, 2.05) is 24.4 Å². The number of carbonyl (C=O) groups excluding carboxylic acids is 1. The topological polar surface area (TPSA) is 48.0 Å². The van der Waals surface area contributed by atoms with Crippen LogP contribution in [-0.4, -0.2) is 10.5 Å². The zero-order chi connectivity index (χ0) is 13.7. The van der Waals surface area contributed by atoms with Crippen LogP contribution in [0.3, 0.4) is 0 Å². The minimum Gasteiger partial charge on any atom is -0.369 e. The summed E-state index contributed by atoms with van der Waals surface area (Å²) in [6, 6.07) is 8.09. The number of para-hydroxylation sites is 1. The zero-order valence-corrected chi connectivity index (χ0v) is 10.9. The summed E-state index contributed by atoms with van der Waals surface area (Å²) in [5.41, 5.74) is 7.45. The lowest BCUT2D eigenvalue weighted by atomic mass is 10.1. The number of fused-ring (bicyclic) bond motifs is 1. The molecule has 0 radical (unpaired) electrons. The summed E-state index contributed by atoms with van der Waals surface area (Å²) >= 11 is 0. The van der Waals surface area contributed by atoms with Crippen molar-refractivity contribution in [2.45, 2.75) is 32.2 Å². The van der Waals surface area contributed by atoms with Crippen LogP contribution in [0.1, 0.15) is 24.8 Å². The van der Waals surface area contributed by atoms with Crippen LogP contribution in [0.2, 0.25) is 0 Å². The Morgan fingerprint density at radius 1 is 1.32 bits per heavy atom. The molecule has 1 heterocycles. The number of benzene rings is 1. The molecule has 0 saturated carbocycles. The van der Waals surface area contributed by atoms with E-state index < -0.39 is 0 Å². The molecule has 98 valence electrons. The number of aromatic nitrogens is 1. The molecule has 0 saturated heterocycles. The van der Waals surface area contributed by atoms with E-state index in [-0.39, 0.29) is 12.3 Å². The van der Waals surface area contributed by atoms with Gasteiger partial charge >= 0.3 is 0 Å². The summed E-state index contributed by atoms with van der Waals surface area (Å²) in [5.74, 6) is 2.36. The van der Waals surface area contributed by atoms with Crippen molar-refractivity contribution in [1.29, 1.82) is 0 Å². The van der Waals surface area contributed by atoms with Crippen LogP contribution in [0.4, 0.5) is 0 Å². The van der Waals surface area contributed by atoms with Crippen molar-refractivity contribution in [3.05, 3.63) is 36.0 Å². The minimum atomic E-state index is -0.296. The van der Waals surface area contributed by atoms with E-state index in [0.717, 1.165) is 42.3 Å². The fourth-order valence-corrected chi connectivity index (χ4v) is 2.35. The number of primary amides is 1. The van der Waals surface area contributed by atoms with Gasteiger partial charge in [-0.2, -0.15) is 0 Å². The maximum atomic E-state index is 11.1. The van der Waals surface area contributed by atoms with Crippen molar-refractivity contribution in [1.82, 2.24) is 4.57 Å². The van der Waals surface area contributed by atoms with E-state index in [4.69, 9.17) is 12.2 Å². The monoisotopic (exact) mass is 254 g/mol. The predicted molar refractivity (Wildman–Crippen MR) is 77.5 cm³/mol. The number of amides is 1. The van der Waals surface area contributed by atoms with Gasteiger partial charge in [-0.05, 0) is 24.5 Å². The second-order valence-electron chi connectivity index (χ2n) is 4.67. The first kappa shape index (κ1) is 13.2. The standard InChI is InChI=1S/C16H18N2O/c1-2-3-4-7-10-18-12-13(11-16(17)19)14-8-5-6-9-15(14)18/h1,5-6,8-9,12H,3-4,7,10-11H2,(H2,17,19). The van der Waals surface area contributed by atoms with Crippen LogP contribution >= 0.6 is 0 Å². The molecule has 1 aromatic heterocycles. The first-order valence-corrected chi connectivity index (χ1v) is 6.51. The van der Waals surface area contributed by atoms with Gasteiger partial charge in [0.1, 0.15) is 0 Å². The predicted octanol–water partition coefficient (Wildman–Crippen LogP) is 2.47. The lowest BCUT2D eigenvalue weighted by molar-refractivity contribution is -0.117. The second kappa shape index (κ2) is 6.10. The molecule has 0 atom stereocenters. The van der Waals surface area contributed by atoms with Crippen LogP contribution in [0.15, 0.2) is 30.5 Å². The highest BCUT2D eigenvalue weighted by molar-refractivity contribution is 5.88. The van der Waals surface area contributed by atoms with Gasteiger partial charge in [0.2, 0.25) is 5.91 Å². The molecule has 0 aliphatic rings. The number of carbonyl (C=O) groups is 1. The number of hydrogen-bond acceptors (Lipinski definition) is 1. The van der Waals surface area contributed by atoms with Crippen molar-refractivity contribution in [2.75, 3.05) is 0 Å². The van der Waals surface area contributed by atoms with Gasteiger partial charge in [-0.15, -0.1) is 12.3 Å². The molecule has 0 bridgehead atoms. The molecule has 2 aromatic rings. The quantitative estimate of drug-likeness (QED) is 0.625. The highest BCUT2D eigenvalue weighted by Gasteiger charge is 2.09. The Morgan fingerprint density at radius 2 is 2.11 bits per heavy atom. The van der Waals surface area contributed by atoms with Gasteiger partial charge in [0, 0.05) is 30.1 Å². The molecule has 0 fully saturated rings. The van der Waals surface area contributed by atoms with Gasteiger partial charge in [0.15, 0.2) is 0 Å². The smallest absolute Gasteiger partial charge is 0.221 e. The van der Waals surface area contributed by atoms with E-state index in [9.17, 15) is 4.79 Å². The fraction of sp³-hybridized carbons (Fsp3) is 0.312. The van der Waals surface area contributed by atoms with Gasteiger partial charge in [-0.1, -0.05) is 18.2 Å². The molecule has 19 heavy (non-hydrogen) atoms. The van der Waals surface area contributed by atoms with Crippen LogP contribution in [0, 0.1) is 12.3 Å². The lowest BCUT2D eigenvalue weighted by Gasteiger charge is -2.03. The van der Waals surface area contributed by atoms with Crippen molar-refractivity contribution in [2.24, 2.45) is 5.73 Å². The third kappa shape index (κ3) is 3.17. The Morgan fingerprint density at radius 3 is 2.84 bits per heavy atom. The molecular formula is C16H18N2O. The summed E-state index contributed by atoms with van der Waals surface area (Å²) in [5, 5.41) is 1.11. The molecule has 1 aromatic carbocycles. The van der Waals surface area contributed by atoms with Crippen LogP contribution in [0.25, 0.3) is 10.9 Å². The molecule has 1 amide bonds. The summed E-state index contributed by atoms with van der Waals surface area (Å²) in [6.07, 6.45) is 10.4. The van der Waals surface area contributed by atoms with Crippen LogP contribution < -0.4 is 5.73 Å². The number of nitrogens with two attached hydrogens (primary N) is 1. The molecule has 3 nitrogen and oxygen atoms in total. The Kier molecular flexibility index (Phi) is 4.25. The van der Waals surface area contributed by atoms with E-state index in [1.54, 1.807) is 0 Å². The van der Waals surface area contributed by atoms with Crippen LogP contribution in [0.5, 0.6) is 0 Å². The summed E-state index contributed by atoms with van der Waals surface area (Å²) in [7, 11) is 0. The highest BCUT2D eigenvalue weighted by atomic mass is 16.1. The van der Waals surface area contributed by atoms with Gasteiger partial charge in [0.25, 0.3) is 0 Å². The van der Waals surface area contributed by atoms with Crippen molar-refractivity contribution in [3.63, 3.8) is 0 Å². The Labute approximate surface area is 113 Å². The van der Waals surface area contributed by atoms with Crippen molar-refractivity contribution >= 4 is 16.8 Å². The number of aryl methyl sites for hydroxylation is 1. The van der Waals surface area contributed by atoms with Gasteiger partial charge in [0.05, 0.1) is 6.42 Å². The maximum absolute atomic E-state index is 11.1. The summed E-state index contributed by atoms with van der Waals surface area (Å²) in [6.45, 7) is 0.918. The van der Waals surface area contributed by atoms with Gasteiger partial charge < -0.3 is 10.3 Å². The zero-order valence-electron chi connectivity index (χ0n) is 10.9. The number of rotatable bonds is 6. The van der Waals surface area contributed by atoms with E-state index in [2.05, 4.69) is 16.6 Å². The Balaban J connectivity index is 2.23. The number of terminal acetylenes is 1. The SMILES string of the molecule is C#CCCCCn1cc(CC(N)=O)c2ccccc21. The summed E-state index contributed by atoms with van der Waals surface area (Å²) in [4.78, 5) is 11.1. The average molecular weight is 254 g/mol. The van der Waals surface area contributed by atoms with E-state index >= 15 is 0 Å². The molecule has 0 unspecified atom stereocenters. The normalized spacial score (nSPS) is 10.5. The highest BCUT2D eigenvalue weighted by Crippen LogP contribution is 2.22.